The molecule has 2 aromatic rings. The van der Waals surface area contributed by atoms with E-state index in [9.17, 15) is 14.7 Å². The van der Waals surface area contributed by atoms with E-state index in [0.717, 1.165) is 19.6 Å². The zero-order valence-electron chi connectivity index (χ0n) is 18.0. The fourth-order valence-electron chi connectivity index (χ4n) is 3.40. The molecule has 1 aliphatic rings. The first kappa shape index (κ1) is 22.7. The van der Waals surface area contributed by atoms with E-state index in [2.05, 4.69) is 32.9 Å². The summed E-state index contributed by atoms with van der Waals surface area (Å²) in [6, 6.07) is 9.80. The lowest BCUT2D eigenvalue weighted by Gasteiger charge is -2.34. The quantitative estimate of drug-likeness (QED) is 0.541. The lowest BCUT2D eigenvalue weighted by atomic mass is 10.2. The molecule has 0 radical (unpaired) electrons. The van der Waals surface area contributed by atoms with Crippen LogP contribution in [0.1, 0.15) is 29.8 Å². The van der Waals surface area contributed by atoms with Gasteiger partial charge in [0, 0.05) is 32.7 Å². The van der Waals surface area contributed by atoms with Gasteiger partial charge in [0.15, 0.2) is 0 Å². The number of anilines is 1. The minimum atomic E-state index is -0.698. The van der Waals surface area contributed by atoms with Crippen molar-refractivity contribution in [1.82, 2.24) is 25.1 Å². The van der Waals surface area contributed by atoms with Gasteiger partial charge in [0.1, 0.15) is 11.4 Å². The average Bonchev–Trinajstić information content (AvgIpc) is 3.12. The Morgan fingerprint density at radius 1 is 1.19 bits per heavy atom. The van der Waals surface area contributed by atoms with Crippen molar-refractivity contribution in [3.63, 3.8) is 0 Å². The lowest BCUT2D eigenvalue weighted by Crippen LogP contribution is -2.54. The summed E-state index contributed by atoms with van der Waals surface area (Å²) in [5, 5.41) is 18.3. The molecule has 1 aromatic carbocycles. The molecule has 0 bridgehead atoms. The number of hydrogen-bond acceptors (Lipinski definition) is 7. The van der Waals surface area contributed by atoms with Gasteiger partial charge in [-0.05, 0) is 19.4 Å². The smallest absolute Gasteiger partial charge is 0.343 e. The summed E-state index contributed by atoms with van der Waals surface area (Å²) in [5.74, 6) is -0.385. The zero-order chi connectivity index (χ0) is 22.2. The topological polar surface area (TPSA) is 112 Å². The van der Waals surface area contributed by atoms with Gasteiger partial charge in [0.05, 0.1) is 25.5 Å². The summed E-state index contributed by atoms with van der Waals surface area (Å²) in [4.78, 5) is 27.1. The number of carbonyl (C=O) groups excluding carboxylic acids is 2. The number of nitrogens with zero attached hydrogens (tertiary/aromatic N) is 4. The summed E-state index contributed by atoms with van der Waals surface area (Å²) in [5.41, 5.74) is 4.23. The number of esters is 1. The number of piperazine rings is 1. The first-order chi connectivity index (χ1) is 15.0. The Morgan fingerprint density at radius 2 is 1.90 bits per heavy atom. The maximum atomic E-state index is 12.6. The molecule has 1 aliphatic heterocycles. The number of ether oxygens (including phenoxy) is 1. The number of amides is 2. The second kappa shape index (κ2) is 10.9. The number of aliphatic hydroxyl groups is 1. The maximum Gasteiger partial charge on any atom is 0.343 e. The molecule has 0 spiro atoms. The molecule has 3 rings (SSSR count). The molecule has 10 nitrogen and oxygen atoms in total. The van der Waals surface area contributed by atoms with Crippen molar-refractivity contribution in [2.24, 2.45) is 0 Å². The number of carbonyl (C=O) groups is 2. The van der Waals surface area contributed by atoms with Crippen LogP contribution in [0.5, 0.6) is 0 Å². The van der Waals surface area contributed by atoms with E-state index >= 15 is 0 Å². The second-order valence-electron chi connectivity index (χ2n) is 7.47. The van der Waals surface area contributed by atoms with E-state index in [4.69, 9.17) is 4.74 Å². The Labute approximate surface area is 181 Å². The highest BCUT2D eigenvalue weighted by Gasteiger charge is 2.23. The van der Waals surface area contributed by atoms with Crippen molar-refractivity contribution in [3.05, 3.63) is 47.7 Å². The standard InChI is InChI=1S/C21H30N6O4/c1-3-31-20(29)18-13-22-27(14-16(2)28)19(18)23-21(30)24-26-11-9-25(10-12-26)15-17-7-5-4-6-8-17/h4-8,13,16,28H,3,9-12,14-15H2,1-2H3,(H2,23,24,30). The first-order valence-electron chi connectivity index (χ1n) is 10.5. The van der Waals surface area contributed by atoms with Crippen LogP contribution >= 0.6 is 0 Å². The average molecular weight is 431 g/mol. The Kier molecular flexibility index (Phi) is 7.99. The summed E-state index contributed by atoms with van der Waals surface area (Å²) in [6.45, 7) is 7.52. The molecule has 168 valence electrons. The molecule has 1 unspecified atom stereocenters. The van der Waals surface area contributed by atoms with E-state index in [1.807, 2.05) is 23.2 Å². The Hall–Kier alpha value is -2.95. The lowest BCUT2D eigenvalue weighted by molar-refractivity contribution is 0.0527. The number of rotatable bonds is 8. The van der Waals surface area contributed by atoms with Crippen molar-refractivity contribution >= 4 is 17.8 Å². The molecule has 1 atom stereocenters. The maximum absolute atomic E-state index is 12.6. The SMILES string of the molecule is CCOC(=O)c1cnn(CC(C)O)c1NC(=O)NN1CCN(Cc2ccccc2)CC1. The van der Waals surface area contributed by atoms with Crippen LogP contribution in [-0.4, -0.2) is 75.7 Å². The van der Waals surface area contributed by atoms with Gasteiger partial charge in [0.25, 0.3) is 0 Å². The third-order valence-corrected chi connectivity index (χ3v) is 4.88. The van der Waals surface area contributed by atoms with Crippen molar-refractivity contribution in [1.29, 1.82) is 0 Å². The molecule has 10 heteroatoms. The van der Waals surface area contributed by atoms with Crippen LogP contribution < -0.4 is 10.7 Å². The van der Waals surface area contributed by atoms with Crippen molar-refractivity contribution in [2.45, 2.75) is 33.0 Å². The van der Waals surface area contributed by atoms with Crippen LogP contribution in [0.25, 0.3) is 0 Å². The normalized spacial score (nSPS) is 16.0. The molecule has 2 amide bonds. The highest BCUT2D eigenvalue weighted by Crippen LogP contribution is 2.17. The van der Waals surface area contributed by atoms with Gasteiger partial charge < -0.3 is 9.84 Å². The zero-order valence-corrected chi connectivity index (χ0v) is 18.0. The molecule has 3 N–H and O–H groups in total. The first-order valence-corrected chi connectivity index (χ1v) is 10.5. The highest BCUT2D eigenvalue weighted by atomic mass is 16.5. The fraction of sp³-hybridized carbons (Fsp3) is 0.476. The Bertz CT molecular complexity index is 862. The van der Waals surface area contributed by atoms with Crippen molar-refractivity contribution in [2.75, 3.05) is 38.1 Å². The number of urea groups is 1. The predicted octanol–water partition coefficient (Wildman–Crippen LogP) is 1.29. The number of hydrogen-bond donors (Lipinski definition) is 3. The Morgan fingerprint density at radius 3 is 2.55 bits per heavy atom. The molecule has 0 saturated carbocycles. The van der Waals surface area contributed by atoms with E-state index in [1.165, 1.54) is 16.4 Å². The van der Waals surface area contributed by atoms with E-state index in [1.54, 1.807) is 13.8 Å². The monoisotopic (exact) mass is 430 g/mol. The number of benzene rings is 1. The highest BCUT2D eigenvalue weighted by molar-refractivity contribution is 5.99. The van der Waals surface area contributed by atoms with Gasteiger partial charge in [-0.1, -0.05) is 30.3 Å². The third-order valence-electron chi connectivity index (χ3n) is 4.88. The molecule has 1 fully saturated rings. The number of aromatic nitrogens is 2. The summed E-state index contributed by atoms with van der Waals surface area (Å²) < 4.78 is 6.42. The van der Waals surface area contributed by atoms with Gasteiger partial charge in [0.2, 0.25) is 0 Å². The number of hydrazine groups is 1. The summed E-state index contributed by atoms with van der Waals surface area (Å²) in [7, 11) is 0. The molecule has 0 aliphatic carbocycles. The fourth-order valence-corrected chi connectivity index (χ4v) is 3.40. The van der Waals surface area contributed by atoms with Crippen LogP contribution in [0.3, 0.4) is 0 Å². The van der Waals surface area contributed by atoms with E-state index in [-0.39, 0.29) is 24.5 Å². The largest absolute Gasteiger partial charge is 0.462 e. The van der Waals surface area contributed by atoms with Gasteiger partial charge in [-0.2, -0.15) is 5.10 Å². The van der Waals surface area contributed by atoms with E-state index < -0.39 is 18.1 Å². The molecule has 2 heterocycles. The molecular weight excluding hydrogens is 400 g/mol. The van der Waals surface area contributed by atoms with Crippen LogP contribution in [0.2, 0.25) is 0 Å². The van der Waals surface area contributed by atoms with E-state index in [0.29, 0.717) is 13.1 Å². The van der Waals surface area contributed by atoms with Crippen LogP contribution in [0, 0.1) is 0 Å². The van der Waals surface area contributed by atoms with Gasteiger partial charge >= 0.3 is 12.0 Å². The molecule has 1 aromatic heterocycles. The van der Waals surface area contributed by atoms with Gasteiger partial charge in [-0.15, -0.1) is 0 Å². The minimum Gasteiger partial charge on any atom is -0.462 e. The molecular formula is C21H30N6O4. The molecule has 31 heavy (non-hydrogen) atoms. The second-order valence-corrected chi connectivity index (χ2v) is 7.47. The van der Waals surface area contributed by atoms with Gasteiger partial charge in [-0.25, -0.2) is 19.3 Å². The predicted molar refractivity (Wildman–Crippen MR) is 115 cm³/mol. The number of nitrogens with one attached hydrogen (secondary N) is 2. The summed E-state index contributed by atoms with van der Waals surface area (Å²) >= 11 is 0. The van der Waals surface area contributed by atoms with Crippen molar-refractivity contribution < 1.29 is 19.4 Å². The van der Waals surface area contributed by atoms with Gasteiger partial charge in [-0.3, -0.25) is 15.6 Å². The molecule has 1 saturated heterocycles. The summed E-state index contributed by atoms with van der Waals surface area (Å²) in [6.07, 6.45) is 0.634. The Balaban J connectivity index is 1.55. The van der Waals surface area contributed by atoms with Crippen LogP contribution in [0.15, 0.2) is 36.5 Å². The minimum absolute atomic E-state index is 0.132. The number of aliphatic hydroxyl groups excluding tert-OH is 1. The third kappa shape index (κ3) is 6.51. The van der Waals surface area contributed by atoms with Crippen LogP contribution in [0.4, 0.5) is 10.6 Å². The van der Waals surface area contributed by atoms with Crippen molar-refractivity contribution in [3.8, 4) is 0 Å². The van der Waals surface area contributed by atoms with Crippen LogP contribution in [-0.2, 0) is 17.8 Å².